The number of rotatable bonds is 2. The molecule has 1 fully saturated rings. The topological polar surface area (TPSA) is 26.0 Å². The van der Waals surface area contributed by atoms with E-state index in [4.69, 9.17) is 17.3 Å². The molecule has 2 N–H and O–H groups in total. The number of hydrogen-bond acceptors (Lipinski definition) is 1. The van der Waals surface area contributed by atoms with Crippen LogP contribution in [0.4, 0.5) is 0 Å². The Balaban J connectivity index is 2.18. The van der Waals surface area contributed by atoms with Gasteiger partial charge in [-0.15, -0.1) is 0 Å². The molecular formula is C15H22ClN. The van der Waals surface area contributed by atoms with E-state index >= 15 is 0 Å². The van der Waals surface area contributed by atoms with Gasteiger partial charge in [-0.25, -0.2) is 0 Å². The molecule has 94 valence electrons. The van der Waals surface area contributed by atoms with Crippen LogP contribution in [0.3, 0.4) is 0 Å². The van der Waals surface area contributed by atoms with Crippen molar-refractivity contribution in [2.75, 3.05) is 0 Å². The van der Waals surface area contributed by atoms with Gasteiger partial charge in [-0.1, -0.05) is 49.4 Å². The highest BCUT2D eigenvalue weighted by atomic mass is 35.5. The van der Waals surface area contributed by atoms with Crippen LogP contribution >= 0.6 is 11.6 Å². The number of hydrogen-bond donors (Lipinski definition) is 1. The fourth-order valence-corrected chi connectivity index (χ4v) is 3.05. The van der Waals surface area contributed by atoms with Crippen LogP contribution < -0.4 is 5.73 Å². The minimum atomic E-state index is -0.213. The summed E-state index contributed by atoms with van der Waals surface area (Å²) in [6.07, 6.45) is 7.90. The van der Waals surface area contributed by atoms with Gasteiger partial charge in [0.25, 0.3) is 0 Å². The Morgan fingerprint density at radius 3 is 2.12 bits per heavy atom. The molecule has 0 aliphatic heterocycles. The summed E-state index contributed by atoms with van der Waals surface area (Å²) in [4.78, 5) is 0. The third-order valence-corrected chi connectivity index (χ3v) is 4.42. The van der Waals surface area contributed by atoms with E-state index in [2.05, 4.69) is 19.1 Å². The molecule has 0 heterocycles. The van der Waals surface area contributed by atoms with Crippen LogP contribution in [0.5, 0.6) is 0 Å². The fraction of sp³-hybridized carbons (Fsp3) is 0.600. The SMILES string of the molecule is CC(N)(c1ccc(Cl)cc1)C1CCCCCC1. The third-order valence-electron chi connectivity index (χ3n) is 4.17. The highest BCUT2D eigenvalue weighted by Crippen LogP contribution is 2.36. The van der Waals surface area contributed by atoms with E-state index < -0.39 is 0 Å². The first-order valence-corrected chi connectivity index (χ1v) is 7.03. The molecule has 1 aromatic carbocycles. The first-order valence-electron chi connectivity index (χ1n) is 6.65. The molecule has 2 rings (SSSR count). The highest BCUT2D eigenvalue weighted by Gasteiger charge is 2.31. The lowest BCUT2D eigenvalue weighted by Crippen LogP contribution is -2.41. The second-order valence-electron chi connectivity index (χ2n) is 5.48. The molecule has 0 bridgehead atoms. The maximum Gasteiger partial charge on any atom is 0.0409 e. The zero-order valence-electron chi connectivity index (χ0n) is 10.6. The Labute approximate surface area is 109 Å². The molecular weight excluding hydrogens is 230 g/mol. The van der Waals surface area contributed by atoms with E-state index in [-0.39, 0.29) is 5.54 Å². The zero-order chi connectivity index (χ0) is 12.3. The molecule has 0 spiro atoms. The second-order valence-corrected chi connectivity index (χ2v) is 5.91. The van der Waals surface area contributed by atoms with Gasteiger partial charge >= 0.3 is 0 Å². The summed E-state index contributed by atoms with van der Waals surface area (Å²) in [6, 6.07) is 8.04. The maximum absolute atomic E-state index is 6.59. The van der Waals surface area contributed by atoms with E-state index in [1.165, 1.54) is 44.1 Å². The van der Waals surface area contributed by atoms with Gasteiger partial charge in [0.15, 0.2) is 0 Å². The molecule has 1 saturated carbocycles. The monoisotopic (exact) mass is 251 g/mol. The lowest BCUT2D eigenvalue weighted by molar-refractivity contribution is 0.269. The van der Waals surface area contributed by atoms with Crippen molar-refractivity contribution < 1.29 is 0 Å². The number of halogens is 1. The van der Waals surface area contributed by atoms with Crippen molar-refractivity contribution in [3.8, 4) is 0 Å². The van der Waals surface area contributed by atoms with Gasteiger partial charge in [-0.2, -0.15) is 0 Å². The lowest BCUT2D eigenvalue weighted by Gasteiger charge is -2.34. The van der Waals surface area contributed by atoms with Crippen LogP contribution in [0.1, 0.15) is 51.0 Å². The molecule has 1 nitrogen and oxygen atoms in total. The van der Waals surface area contributed by atoms with E-state index in [0.29, 0.717) is 5.92 Å². The molecule has 1 atom stereocenters. The minimum Gasteiger partial charge on any atom is -0.321 e. The second kappa shape index (κ2) is 5.41. The summed E-state index contributed by atoms with van der Waals surface area (Å²) in [5.41, 5.74) is 7.59. The van der Waals surface area contributed by atoms with Crippen LogP contribution in [0, 0.1) is 5.92 Å². The molecule has 2 heteroatoms. The fourth-order valence-electron chi connectivity index (χ4n) is 2.92. The molecule has 0 amide bonds. The van der Waals surface area contributed by atoms with E-state index in [1.54, 1.807) is 0 Å². The smallest absolute Gasteiger partial charge is 0.0409 e. The molecule has 0 aromatic heterocycles. The van der Waals surface area contributed by atoms with Gasteiger partial charge in [0, 0.05) is 10.6 Å². The Bertz CT molecular complexity index is 348. The van der Waals surface area contributed by atoms with E-state index in [1.807, 2.05) is 12.1 Å². The van der Waals surface area contributed by atoms with Crippen molar-refractivity contribution in [3.05, 3.63) is 34.9 Å². The van der Waals surface area contributed by atoms with Gasteiger partial charge in [-0.3, -0.25) is 0 Å². The van der Waals surface area contributed by atoms with Crippen molar-refractivity contribution in [2.24, 2.45) is 11.7 Å². The van der Waals surface area contributed by atoms with Crippen LogP contribution in [-0.2, 0) is 5.54 Å². The van der Waals surface area contributed by atoms with Crippen molar-refractivity contribution >= 4 is 11.6 Å². The molecule has 1 aliphatic rings. The summed E-state index contributed by atoms with van der Waals surface area (Å²) >= 11 is 5.93. The Morgan fingerprint density at radius 1 is 1.06 bits per heavy atom. The largest absolute Gasteiger partial charge is 0.321 e. The van der Waals surface area contributed by atoms with Crippen molar-refractivity contribution in [1.29, 1.82) is 0 Å². The van der Waals surface area contributed by atoms with Crippen LogP contribution in [0.25, 0.3) is 0 Å². The molecule has 1 aliphatic carbocycles. The summed E-state index contributed by atoms with van der Waals surface area (Å²) in [5, 5.41) is 0.783. The van der Waals surface area contributed by atoms with Crippen molar-refractivity contribution in [2.45, 2.75) is 51.0 Å². The van der Waals surface area contributed by atoms with Gasteiger partial charge in [-0.05, 0) is 43.4 Å². The highest BCUT2D eigenvalue weighted by molar-refractivity contribution is 6.30. The summed E-state index contributed by atoms with van der Waals surface area (Å²) in [5.74, 6) is 0.603. The summed E-state index contributed by atoms with van der Waals surface area (Å²) < 4.78 is 0. The van der Waals surface area contributed by atoms with E-state index in [0.717, 1.165) is 5.02 Å². The Hall–Kier alpha value is -0.530. The first kappa shape index (κ1) is 12.9. The minimum absolute atomic E-state index is 0.213. The summed E-state index contributed by atoms with van der Waals surface area (Å²) in [6.45, 7) is 2.17. The number of nitrogens with two attached hydrogens (primary N) is 1. The lowest BCUT2D eigenvalue weighted by atomic mass is 9.76. The van der Waals surface area contributed by atoms with Crippen molar-refractivity contribution in [1.82, 2.24) is 0 Å². The Kier molecular flexibility index (Phi) is 4.11. The third kappa shape index (κ3) is 3.02. The summed E-state index contributed by atoms with van der Waals surface area (Å²) in [7, 11) is 0. The van der Waals surface area contributed by atoms with Crippen LogP contribution in [0.15, 0.2) is 24.3 Å². The van der Waals surface area contributed by atoms with Gasteiger partial charge in [0.1, 0.15) is 0 Å². The standard InChI is InChI=1S/C15H22ClN/c1-15(17,12-6-4-2-3-5-7-12)13-8-10-14(16)11-9-13/h8-12H,2-7,17H2,1H3. The average molecular weight is 252 g/mol. The predicted octanol–water partition coefficient (Wildman–Crippen LogP) is 4.48. The normalized spacial score (nSPS) is 21.8. The molecule has 0 saturated heterocycles. The van der Waals surface area contributed by atoms with E-state index in [9.17, 15) is 0 Å². The zero-order valence-corrected chi connectivity index (χ0v) is 11.3. The predicted molar refractivity (Wildman–Crippen MR) is 74.2 cm³/mol. The first-order chi connectivity index (χ1) is 8.10. The molecule has 1 aromatic rings. The molecule has 17 heavy (non-hydrogen) atoms. The maximum atomic E-state index is 6.59. The molecule has 1 unspecified atom stereocenters. The van der Waals surface area contributed by atoms with Crippen LogP contribution in [0.2, 0.25) is 5.02 Å². The van der Waals surface area contributed by atoms with Gasteiger partial charge in [0.2, 0.25) is 0 Å². The van der Waals surface area contributed by atoms with Gasteiger partial charge < -0.3 is 5.73 Å². The van der Waals surface area contributed by atoms with Gasteiger partial charge in [0.05, 0.1) is 0 Å². The van der Waals surface area contributed by atoms with Crippen molar-refractivity contribution in [3.63, 3.8) is 0 Å². The Morgan fingerprint density at radius 2 is 1.59 bits per heavy atom. The van der Waals surface area contributed by atoms with Crippen LogP contribution in [-0.4, -0.2) is 0 Å². The number of benzene rings is 1. The molecule has 0 radical (unpaired) electrons. The quantitative estimate of drug-likeness (QED) is 0.771. The average Bonchev–Trinajstić information content (AvgIpc) is 2.58.